The zero-order valence-electron chi connectivity index (χ0n) is 20.7. The van der Waals surface area contributed by atoms with E-state index in [1.54, 1.807) is 6.07 Å². The molecule has 0 unspecified atom stereocenters. The van der Waals surface area contributed by atoms with Crippen molar-refractivity contribution in [3.8, 4) is 11.3 Å². The predicted molar refractivity (Wildman–Crippen MR) is 145 cm³/mol. The first kappa shape index (κ1) is 26.0. The van der Waals surface area contributed by atoms with Crippen LogP contribution < -0.4 is 5.32 Å². The van der Waals surface area contributed by atoms with Gasteiger partial charge in [-0.2, -0.15) is 0 Å². The lowest BCUT2D eigenvalue weighted by atomic mass is 9.91. The van der Waals surface area contributed by atoms with Gasteiger partial charge in [0.15, 0.2) is 0 Å². The van der Waals surface area contributed by atoms with Crippen LogP contribution >= 0.6 is 11.6 Å². The first-order valence-electron chi connectivity index (χ1n) is 12.4. The van der Waals surface area contributed by atoms with Crippen LogP contribution in [0, 0.1) is 12.7 Å². The Morgan fingerprint density at radius 2 is 1.74 bits per heavy atom. The first-order chi connectivity index (χ1) is 16.4. The fourth-order valence-corrected chi connectivity index (χ4v) is 4.52. The van der Waals surface area contributed by atoms with Gasteiger partial charge >= 0.3 is 0 Å². The van der Waals surface area contributed by atoms with E-state index in [1.165, 1.54) is 55.4 Å². The van der Waals surface area contributed by atoms with E-state index < -0.39 is 0 Å². The molecule has 2 nitrogen and oxygen atoms in total. The largest absolute Gasteiger partial charge is 0.340 e. The minimum atomic E-state index is -0.275. The molecular formula is C30H36ClFN2. The molecule has 0 atom stereocenters. The maximum atomic E-state index is 13.8. The molecule has 0 saturated heterocycles. The summed E-state index contributed by atoms with van der Waals surface area (Å²) in [5, 5.41) is 4.05. The van der Waals surface area contributed by atoms with E-state index in [4.69, 9.17) is 16.6 Å². The van der Waals surface area contributed by atoms with Crippen molar-refractivity contribution in [1.29, 1.82) is 0 Å². The van der Waals surface area contributed by atoms with Gasteiger partial charge in [0.25, 0.3) is 0 Å². The van der Waals surface area contributed by atoms with Crippen molar-refractivity contribution in [3.63, 3.8) is 0 Å². The van der Waals surface area contributed by atoms with Gasteiger partial charge in [0.2, 0.25) is 0 Å². The van der Waals surface area contributed by atoms with Gasteiger partial charge in [-0.05, 0) is 73.6 Å². The molecule has 1 N–H and O–H groups in total. The Hall–Kier alpha value is -2.65. The van der Waals surface area contributed by atoms with Crippen LogP contribution in [0.15, 0.2) is 55.1 Å². The number of hydrogen-bond acceptors (Lipinski definition) is 2. The number of benzene rings is 2. The number of anilines is 1. The van der Waals surface area contributed by atoms with E-state index in [1.807, 2.05) is 31.2 Å². The monoisotopic (exact) mass is 478 g/mol. The lowest BCUT2D eigenvalue weighted by molar-refractivity contribution is 0.627. The highest BCUT2D eigenvalue weighted by Crippen LogP contribution is 2.35. The van der Waals surface area contributed by atoms with Crippen molar-refractivity contribution < 1.29 is 4.39 Å². The standard InChI is InChI=1S/C24H22ClFN2.C6H14/c1-15-11-12-18(26)14-21(15)16(2)27-24-19-8-4-3-7-17(19)13-23(28-24)20-9-5-6-10-22(20)25;1-3-5-6-4-2/h5-6,9-14H,2-4,7-8H2,1H3,(H,27,28);3-6H2,1-2H3. The summed E-state index contributed by atoms with van der Waals surface area (Å²) >= 11 is 6.41. The molecule has 0 saturated carbocycles. The summed E-state index contributed by atoms with van der Waals surface area (Å²) in [7, 11) is 0. The maximum absolute atomic E-state index is 13.8. The number of aryl methyl sites for hydroxylation is 2. The van der Waals surface area contributed by atoms with E-state index in [-0.39, 0.29) is 5.82 Å². The molecule has 1 aliphatic carbocycles. The summed E-state index contributed by atoms with van der Waals surface area (Å²) in [6.45, 7) is 10.6. The molecule has 1 heterocycles. The smallest absolute Gasteiger partial charge is 0.134 e. The molecule has 1 aromatic heterocycles. The summed E-state index contributed by atoms with van der Waals surface area (Å²) in [5.74, 6) is 0.518. The number of nitrogens with zero attached hydrogens (tertiary/aromatic N) is 1. The van der Waals surface area contributed by atoms with E-state index in [0.717, 1.165) is 47.5 Å². The first-order valence-corrected chi connectivity index (χ1v) is 12.8. The predicted octanol–water partition coefficient (Wildman–Crippen LogP) is 9.40. The molecule has 4 heteroatoms. The van der Waals surface area contributed by atoms with Gasteiger partial charge in [0.1, 0.15) is 11.6 Å². The van der Waals surface area contributed by atoms with E-state index in [0.29, 0.717) is 10.7 Å². The van der Waals surface area contributed by atoms with Gasteiger partial charge in [0, 0.05) is 21.8 Å². The number of unbranched alkanes of at least 4 members (excludes halogenated alkanes) is 3. The Bertz CT molecular complexity index is 1120. The molecule has 0 amide bonds. The lowest BCUT2D eigenvalue weighted by Gasteiger charge is -2.22. The minimum Gasteiger partial charge on any atom is -0.340 e. The van der Waals surface area contributed by atoms with Gasteiger partial charge in [-0.15, -0.1) is 0 Å². The van der Waals surface area contributed by atoms with Crippen molar-refractivity contribution in [3.05, 3.63) is 88.2 Å². The lowest BCUT2D eigenvalue weighted by Crippen LogP contribution is -2.11. The topological polar surface area (TPSA) is 24.9 Å². The highest BCUT2D eigenvalue weighted by molar-refractivity contribution is 6.33. The molecule has 0 fully saturated rings. The van der Waals surface area contributed by atoms with Crippen molar-refractivity contribution >= 4 is 23.1 Å². The number of aromatic nitrogens is 1. The maximum Gasteiger partial charge on any atom is 0.134 e. The average Bonchev–Trinajstić information content (AvgIpc) is 2.84. The van der Waals surface area contributed by atoms with Gasteiger partial charge in [-0.3, -0.25) is 0 Å². The summed E-state index contributed by atoms with van der Waals surface area (Å²) in [4.78, 5) is 4.88. The quantitative estimate of drug-likeness (QED) is 0.342. The van der Waals surface area contributed by atoms with Crippen LogP contribution in [-0.4, -0.2) is 4.98 Å². The van der Waals surface area contributed by atoms with Crippen LogP contribution in [0.3, 0.4) is 0 Å². The second-order valence-corrected chi connectivity index (χ2v) is 9.36. The summed E-state index contributed by atoms with van der Waals surface area (Å²) < 4.78 is 13.8. The molecule has 0 bridgehead atoms. The zero-order chi connectivity index (χ0) is 24.5. The third kappa shape index (κ3) is 6.70. The van der Waals surface area contributed by atoms with E-state index in [2.05, 4.69) is 31.8 Å². The Kier molecular flexibility index (Phi) is 9.71. The number of nitrogens with one attached hydrogen (secondary N) is 1. The highest BCUT2D eigenvalue weighted by Gasteiger charge is 2.19. The molecule has 1 aliphatic rings. The molecule has 0 aliphatic heterocycles. The number of fused-ring (bicyclic) bond motifs is 1. The summed E-state index contributed by atoms with van der Waals surface area (Å²) in [6, 6.07) is 14.6. The van der Waals surface area contributed by atoms with Gasteiger partial charge < -0.3 is 5.32 Å². The second kappa shape index (κ2) is 12.7. The number of rotatable bonds is 7. The second-order valence-electron chi connectivity index (χ2n) is 8.95. The molecule has 0 radical (unpaired) electrons. The van der Waals surface area contributed by atoms with Crippen molar-refractivity contribution in [2.75, 3.05) is 5.32 Å². The molecule has 0 spiro atoms. The fraction of sp³-hybridized carbons (Fsp3) is 0.367. The zero-order valence-corrected chi connectivity index (χ0v) is 21.4. The molecular weight excluding hydrogens is 443 g/mol. The molecule has 180 valence electrons. The molecule has 2 aromatic carbocycles. The van der Waals surface area contributed by atoms with E-state index >= 15 is 0 Å². The third-order valence-corrected chi connectivity index (χ3v) is 6.57. The SMILES string of the molecule is C=C(Nc1nc(-c2ccccc2Cl)cc2c1CCCC2)c1cc(F)ccc1C.CCCCCC. The molecule has 3 aromatic rings. The normalized spacial score (nSPS) is 12.4. The van der Waals surface area contributed by atoms with Crippen molar-refractivity contribution in [1.82, 2.24) is 4.98 Å². The summed E-state index contributed by atoms with van der Waals surface area (Å²) in [5.41, 5.74) is 6.64. The van der Waals surface area contributed by atoms with Crippen molar-refractivity contribution in [2.45, 2.75) is 72.1 Å². The average molecular weight is 479 g/mol. The van der Waals surface area contributed by atoms with E-state index in [9.17, 15) is 4.39 Å². The van der Waals surface area contributed by atoms with Gasteiger partial charge in [-0.1, -0.05) is 82.0 Å². The highest BCUT2D eigenvalue weighted by atomic mass is 35.5. The summed E-state index contributed by atoms with van der Waals surface area (Å²) in [6.07, 6.45) is 9.84. The van der Waals surface area contributed by atoms with Crippen molar-refractivity contribution in [2.24, 2.45) is 0 Å². The van der Waals surface area contributed by atoms with Crippen LogP contribution in [0.4, 0.5) is 10.2 Å². The van der Waals surface area contributed by atoms with Crippen LogP contribution in [0.25, 0.3) is 17.0 Å². The third-order valence-electron chi connectivity index (χ3n) is 6.24. The fourth-order valence-electron chi connectivity index (χ4n) is 4.28. The Labute approximate surface area is 209 Å². The minimum absolute atomic E-state index is 0.275. The molecule has 34 heavy (non-hydrogen) atoms. The number of pyridine rings is 1. The number of hydrogen-bond donors (Lipinski definition) is 1. The Morgan fingerprint density at radius 1 is 1.03 bits per heavy atom. The van der Waals surface area contributed by atoms with Crippen LogP contribution in [-0.2, 0) is 12.8 Å². The van der Waals surface area contributed by atoms with Crippen LogP contribution in [0.5, 0.6) is 0 Å². The Morgan fingerprint density at radius 3 is 2.44 bits per heavy atom. The van der Waals surface area contributed by atoms with Crippen LogP contribution in [0.1, 0.15) is 74.6 Å². The Balaban J connectivity index is 0.000000481. The van der Waals surface area contributed by atoms with Gasteiger partial charge in [-0.25, -0.2) is 9.37 Å². The molecule has 4 rings (SSSR count). The van der Waals surface area contributed by atoms with Crippen LogP contribution in [0.2, 0.25) is 5.02 Å². The van der Waals surface area contributed by atoms with Gasteiger partial charge in [0.05, 0.1) is 5.69 Å². The number of halogens is 2.